The van der Waals surface area contributed by atoms with Crippen LogP contribution in [0.4, 0.5) is 0 Å². The van der Waals surface area contributed by atoms with Crippen molar-refractivity contribution < 1.29 is 18.0 Å². The van der Waals surface area contributed by atoms with Crippen molar-refractivity contribution in [3.63, 3.8) is 0 Å². The highest BCUT2D eigenvalue weighted by molar-refractivity contribution is 7.54. The van der Waals surface area contributed by atoms with Gasteiger partial charge in [0.05, 0.1) is 13.2 Å². The normalized spacial score (nSPS) is 13.9. The molecular weight excluding hydrogens is 241 g/mol. The molecule has 0 fully saturated rings. The van der Waals surface area contributed by atoms with Crippen LogP contribution in [0.15, 0.2) is 16.5 Å². The lowest BCUT2D eigenvalue weighted by Crippen LogP contribution is -2.14. The van der Waals surface area contributed by atoms with Crippen LogP contribution in [0.1, 0.15) is 38.1 Å². The summed E-state index contributed by atoms with van der Waals surface area (Å²) in [6.07, 6.45) is 0.764. The molecule has 1 atom stereocenters. The predicted octanol–water partition coefficient (Wildman–Crippen LogP) is 3.07. The topological polar surface area (TPSA) is 74.7 Å². The second-order valence-electron chi connectivity index (χ2n) is 3.48. The van der Waals surface area contributed by atoms with Crippen LogP contribution in [0.25, 0.3) is 0 Å². The van der Waals surface area contributed by atoms with Crippen LogP contribution in [-0.4, -0.2) is 13.2 Å². The molecule has 1 rings (SSSR count). The number of hydrogen-bond donors (Lipinski definition) is 1. The number of hydrogen-bond acceptors (Lipinski definition) is 5. The third kappa shape index (κ3) is 3.42. The Morgan fingerprint density at radius 3 is 2.29 bits per heavy atom. The maximum Gasteiger partial charge on any atom is 0.354 e. The molecule has 5 nitrogen and oxygen atoms in total. The van der Waals surface area contributed by atoms with Gasteiger partial charge in [-0.1, -0.05) is 6.92 Å². The van der Waals surface area contributed by atoms with E-state index < -0.39 is 13.4 Å². The van der Waals surface area contributed by atoms with Crippen molar-refractivity contribution in [3.05, 3.63) is 23.7 Å². The Hall–Kier alpha value is -0.610. The molecule has 1 aromatic heterocycles. The van der Waals surface area contributed by atoms with Gasteiger partial charge < -0.3 is 19.2 Å². The van der Waals surface area contributed by atoms with E-state index in [9.17, 15) is 4.57 Å². The molecular formula is C11H20NO4P. The van der Waals surface area contributed by atoms with Gasteiger partial charge in [0, 0.05) is 6.42 Å². The van der Waals surface area contributed by atoms with Crippen LogP contribution in [0.5, 0.6) is 0 Å². The molecule has 6 heteroatoms. The summed E-state index contributed by atoms with van der Waals surface area (Å²) in [7, 11) is -3.35. The standard InChI is InChI=1S/C11H20NO4P/c1-4-9-7-8-10(16-9)11(12)17(13,14-5-2)15-6-3/h7-8,11H,4-6,12H2,1-3H3/t11-/m0/s1. The van der Waals surface area contributed by atoms with E-state index in [2.05, 4.69) is 0 Å². The minimum atomic E-state index is -3.35. The van der Waals surface area contributed by atoms with Crippen molar-refractivity contribution in [1.29, 1.82) is 0 Å². The molecule has 0 saturated carbocycles. The summed E-state index contributed by atoms with van der Waals surface area (Å²) in [6.45, 7) is 6.04. The van der Waals surface area contributed by atoms with Crippen LogP contribution < -0.4 is 5.73 Å². The fourth-order valence-electron chi connectivity index (χ4n) is 1.46. The molecule has 0 spiro atoms. The Balaban J connectivity index is 2.90. The molecule has 0 aliphatic rings. The first kappa shape index (κ1) is 14.5. The third-order valence-corrected chi connectivity index (χ3v) is 4.45. The maximum absolute atomic E-state index is 12.4. The van der Waals surface area contributed by atoms with Gasteiger partial charge in [-0.05, 0) is 26.0 Å². The van der Waals surface area contributed by atoms with E-state index in [1.54, 1.807) is 19.9 Å². The molecule has 0 radical (unpaired) electrons. The summed E-state index contributed by atoms with van der Waals surface area (Å²) >= 11 is 0. The zero-order chi connectivity index (χ0) is 12.9. The highest BCUT2D eigenvalue weighted by Gasteiger charge is 2.36. The van der Waals surface area contributed by atoms with Crippen molar-refractivity contribution in [2.24, 2.45) is 5.73 Å². The lowest BCUT2D eigenvalue weighted by molar-refractivity contribution is 0.209. The van der Waals surface area contributed by atoms with E-state index in [1.165, 1.54) is 0 Å². The SMILES string of the molecule is CCOP(=O)(OCC)[C@H](N)c1ccc(CC)o1. The first-order valence-corrected chi connectivity index (χ1v) is 7.41. The summed E-state index contributed by atoms with van der Waals surface area (Å²) in [5.74, 6) is 0.366. The molecule has 1 aromatic rings. The quantitative estimate of drug-likeness (QED) is 0.763. The van der Waals surface area contributed by atoms with Crippen LogP contribution in [0.3, 0.4) is 0 Å². The molecule has 0 saturated heterocycles. The zero-order valence-electron chi connectivity index (χ0n) is 10.5. The van der Waals surface area contributed by atoms with Crippen molar-refractivity contribution in [1.82, 2.24) is 0 Å². The van der Waals surface area contributed by atoms with Gasteiger partial charge in [-0.3, -0.25) is 4.57 Å². The molecule has 1 heterocycles. The number of aryl methyl sites for hydroxylation is 1. The van der Waals surface area contributed by atoms with E-state index in [4.69, 9.17) is 19.2 Å². The minimum Gasteiger partial charge on any atom is -0.464 e. The fraction of sp³-hybridized carbons (Fsp3) is 0.636. The van der Waals surface area contributed by atoms with Gasteiger partial charge >= 0.3 is 7.60 Å². The van der Waals surface area contributed by atoms with E-state index in [-0.39, 0.29) is 13.2 Å². The summed E-state index contributed by atoms with van der Waals surface area (Å²) in [6, 6.07) is 3.53. The summed E-state index contributed by atoms with van der Waals surface area (Å²) in [5.41, 5.74) is 5.91. The number of rotatable bonds is 7. The number of nitrogens with two attached hydrogens (primary N) is 1. The van der Waals surface area contributed by atoms with Crippen molar-refractivity contribution in [2.75, 3.05) is 13.2 Å². The monoisotopic (exact) mass is 261 g/mol. The van der Waals surface area contributed by atoms with Gasteiger partial charge in [0.25, 0.3) is 0 Å². The van der Waals surface area contributed by atoms with Crippen LogP contribution in [0.2, 0.25) is 0 Å². The third-order valence-electron chi connectivity index (χ3n) is 2.28. The van der Waals surface area contributed by atoms with Crippen molar-refractivity contribution in [3.8, 4) is 0 Å². The molecule has 0 aromatic carbocycles. The van der Waals surface area contributed by atoms with Gasteiger partial charge in [-0.15, -0.1) is 0 Å². The predicted molar refractivity (Wildman–Crippen MR) is 65.9 cm³/mol. The molecule has 98 valence electrons. The van der Waals surface area contributed by atoms with Gasteiger partial charge in [0.2, 0.25) is 0 Å². The van der Waals surface area contributed by atoms with Crippen LogP contribution in [-0.2, 0) is 20.0 Å². The summed E-state index contributed by atoms with van der Waals surface area (Å²) in [4.78, 5) is 0. The van der Waals surface area contributed by atoms with E-state index in [0.29, 0.717) is 5.76 Å². The van der Waals surface area contributed by atoms with Crippen molar-refractivity contribution >= 4 is 7.60 Å². The van der Waals surface area contributed by atoms with Gasteiger partial charge in [0.15, 0.2) is 5.78 Å². The van der Waals surface area contributed by atoms with Gasteiger partial charge in [-0.2, -0.15) is 0 Å². The Morgan fingerprint density at radius 1 is 1.29 bits per heavy atom. The fourth-order valence-corrected chi connectivity index (χ4v) is 3.02. The Bertz CT molecular complexity index is 381. The zero-order valence-corrected chi connectivity index (χ0v) is 11.4. The van der Waals surface area contributed by atoms with Gasteiger partial charge in [-0.25, -0.2) is 0 Å². The lowest BCUT2D eigenvalue weighted by atomic mass is 10.3. The smallest absolute Gasteiger partial charge is 0.354 e. The average molecular weight is 261 g/mol. The van der Waals surface area contributed by atoms with Crippen LogP contribution >= 0.6 is 7.60 Å². The lowest BCUT2D eigenvalue weighted by Gasteiger charge is -2.21. The Kier molecular flexibility index (Phi) is 5.40. The second kappa shape index (κ2) is 6.36. The largest absolute Gasteiger partial charge is 0.464 e. The van der Waals surface area contributed by atoms with Crippen LogP contribution in [0, 0.1) is 0 Å². The van der Waals surface area contributed by atoms with Gasteiger partial charge in [0.1, 0.15) is 11.5 Å². The molecule has 0 bridgehead atoms. The summed E-state index contributed by atoms with van der Waals surface area (Å²) < 4.78 is 28.2. The summed E-state index contributed by atoms with van der Waals surface area (Å²) in [5, 5.41) is 0. The highest BCUT2D eigenvalue weighted by atomic mass is 31.2. The van der Waals surface area contributed by atoms with Crippen molar-refractivity contribution in [2.45, 2.75) is 33.0 Å². The Morgan fingerprint density at radius 2 is 1.88 bits per heavy atom. The molecule has 2 N–H and O–H groups in total. The average Bonchev–Trinajstić information content (AvgIpc) is 2.77. The minimum absolute atomic E-state index is 0.284. The molecule has 17 heavy (non-hydrogen) atoms. The first-order chi connectivity index (χ1) is 8.07. The molecule has 0 aliphatic heterocycles. The maximum atomic E-state index is 12.4. The second-order valence-corrected chi connectivity index (χ2v) is 5.63. The first-order valence-electron chi connectivity index (χ1n) is 5.80. The molecule has 0 aliphatic carbocycles. The Labute approximate surface area is 102 Å². The highest BCUT2D eigenvalue weighted by Crippen LogP contribution is 2.58. The molecule has 0 amide bonds. The van der Waals surface area contributed by atoms with E-state index >= 15 is 0 Å². The number of furan rings is 1. The molecule has 0 unspecified atom stereocenters. The van der Waals surface area contributed by atoms with E-state index in [0.717, 1.165) is 12.2 Å². The van der Waals surface area contributed by atoms with E-state index in [1.807, 2.05) is 13.0 Å².